The molecule has 1 N–H and O–H groups in total. The van der Waals surface area contributed by atoms with Gasteiger partial charge < -0.3 is 5.32 Å². The predicted molar refractivity (Wildman–Crippen MR) is 136 cm³/mol. The number of nitrogens with one attached hydrogen (secondary N) is 1. The van der Waals surface area contributed by atoms with Crippen LogP contribution in [0.25, 0.3) is 0 Å². The van der Waals surface area contributed by atoms with Gasteiger partial charge in [-0.3, -0.25) is 14.5 Å². The number of benzene rings is 3. The molecule has 4 nitrogen and oxygen atoms in total. The van der Waals surface area contributed by atoms with E-state index in [2.05, 4.69) is 5.32 Å². The van der Waals surface area contributed by atoms with E-state index in [-0.39, 0.29) is 12.2 Å². The number of carbonyl (C=O) groups is 2. The van der Waals surface area contributed by atoms with Gasteiger partial charge in [0.2, 0.25) is 0 Å². The Morgan fingerprint density at radius 3 is 2.24 bits per heavy atom. The van der Waals surface area contributed by atoms with E-state index in [4.69, 9.17) is 34.8 Å². The monoisotopic (exact) mass is 516 g/mol. The van der Waals surface area contributed by atoms with Crippen molar-refractivity contribution in [2.24, 2.45) is 0 Å². The summed E-state index contributed by atoms with van der Waals surface area (Å²) in [7, 11) is 0. The Kier molecular flexibility index (Phi) is 7.05. The van der Waals surface area contributed by atoms with Crippen LogP contribution in [0.4, 0.5) is 5.69 Å². The first kappa shape index (κ1) is 23.7. The second-order valence-corrected chi connectivity index (χ2v) is 9.97. The van der Waals surface area contributed by atoms with Gasteiger partial charge in [0.1, 0.15) is 10.6 Å². The maximum Gasteiger partial charge on any atom is 0.278 e. The molecule has 0 saturated carbocycles. The molecule has 4 rings (SSSR count). The van der Waals surface area contributed by atoms with Crippen LogP contribution in [0.3, 0.4) is 0 Å². The molecule has 0 radical (unpaired) electrons. The molecule has 3 aromatic carbocycles. The van der Waals surface area contributed by atoms with Crippen LogP contribution in [0.1, 0.15) is 16.7 Å². The van der Waals surface area contributed by atoms with E-state index >= 15 is 0 Å². The van der Waals surface area contributed by atoms with E-state index in [1.54, 1.807) is 24.3 Å². The molecule has 0 aromatic heterocycles. The highest BCUT2D eigenvalue weighted by Gasteiger charge is 2.39. The van der Waals surface area contributed by atoms with Crippen LogP contribution in [0.2, 0.25) is 15.1 Å². The Labute approximate surface area is 211 Å². The summed E-state index contributed by atoms with van der Waals surface area (Å²) in [6.07, 6.45) is 0. The largest absolute Gasteiger partial charge is 0.350 e. The fourth-order valence-corrected chi connectivity index (χ4v) is 4.86. The average Bonchev–Trinajstić information content (AvgIpc) is 2.98. The predicted octanol–water partition coefficient (Wildman–Crippen LogP) is 7.25. The lowest BCUT2D eigenvalue weighted by Crippen LogP contribution is -2.32. The highest BCUT2D eigenvalue weighted by Crippen LogP contribution is 2.37. The number of hydrogen-bond donors (Lipinski definition) is 1. The Hall–Kier alpha value is -2.44. The fraction of sp³-hybridized carbons (Fsp3) is 0.120. The minimum absolute atomic E-state index is 0.0332. The normalized spacial score (nSPS) is 13.8. The molecule has 0 atom stereocenters. The zero-order chi connectivity index (χ0) is 23.7. The molecule has 0 unspecified atom stereocenters. The van der Waals surface area contributed by atoms with Gasteiger partial charge in [-0.2, -0.15) is 0 Å². The standard InChI is InChI=1S/C25H19Cl3N2O2S/c1-14-3-9-19(10-4-14)33-23-22(29-18-8-5-15(2)20(27)12-18)24(31)30(25(23)32)13-16-6-7-17(26)11-21(16)28/h3-12,29H,13H2,1-2H3. The number of rotatable bonds is 6. The zero-order valence-corrected chi connectivity index (χ0v) is 20.9. The highest BCUT2D eigenvalue weighted by atomic mass is 35.5. The molecule has 0 saturated heterocycles. The summed E-state index contributed by atoms with van der Waals surface area (Å²) in [6.45, 7) is 3.92. The van der Waals surface area contributed by atoms with Crippen LogP contribution in [-0.2, 0) is 16.1 Å². The molecule has 0 spiro atoms. The van der Waals surface area contributed by atoms with Gasteiger partial charge in [0.05, 0.1) is 6.54 Å². The molecule has 1 heterocycles. The quantitative estimate of drug-likeness (QED) is 0.350. The second kappa shape index (κ2) is 9.82. The van der Waals surface area contributed by atoms with Crippen molar-refractivity contribution in [3.05, 3.63) is 103 Å². The average molecular weight is 518 g/mol. The smallest absolute Gasteiger partial charge is 0.278 e. The van der Waals surface area contributed by atoms with Crippen molar-refractivity contribution in [2.45, 2.75) is 25.3 Å². The van der Waals surface area contributed by atoms with Gasteiger partial charge in [0.25, 0.3) is 11.8 Å². The number of carbonyl (C=O) groups excluding carboxylic acids is 2. The highest BCUT2D eigenvalue weighted by molar-refractivity contribution is 8.04. The third kappa shape index (κ3) is 5.22. The molecule has 3 aromatic rings. The number of aryl methyl sites for hydroxylation is 2. The third-order valence-electron chi connectivity index (χ3n) is 5.15. The maximum atomic E-state index is 13.4. The van der Waals surface area contributed by atoms with Gasteiger partial charge in [-0.05, 0) is 61.4 Å². The molecular weight excluding hydrogens is 499 g/mol. The SMILES string of the molecule is Cc1ccc(SC2=C(Nc3ccc(C)c(Cl)c3)C(=O)N(Cc3ccc(Cl)cc3Cl)C2=O)cc1. The van der Waals surface area contributed by atoms with Crippen molar-refractivity contribution in [1.29, 1.82) is 0 Å². The first-order valence-electron chi connectivity index (χ1n) is 10.0. The topological polar surface area (TPSA) is 49.4 Å². The van der Waals surface area contributed by atoms with Crippen molar-refractivity contribution in [3.63, 3.8) is 0 Å². The summed E-state index contributed by atoms with van der Waals surface area (Å²) >= 11 is 19.8. The number of hydrogen-bond acceptors (Lipinski definition) is 4. The van der Waals surface area contributed by atoms with Gasteiger partial charge in [-0.25, -0.2) is 0 Å². The van der Waals surface area contributed by atoms with E-state index in [1.165, 1.54) is 16.7 Å². The first-order valence-corrected chi connectivity index (χ1v) is 12.0. The van der Waals surface area contributed by atoms with E-state index in [0.29, 0.717) is 31.2 Å². The van der Waals surface area contributed by atoms with E-state index in [9.17, 15) is 9.59 Å². The van der Waals surface area contributed by atoms with Crippen molar-refractivity contribution >= 4 is 64.1 Å². The summed E-state index contributed by atoms with van der Waals surface area (Å²) < 4.78 is 0. The summed E-state index contributed by atoms with van der Waals surface area (Å²) in [6, 6.07) is 18.1. The van der Waals surface area contributed by atoms with Gasteiger partial charge in [0.15, 0.2) is 0 Å². The van der Waals surface area contributed by atoms with Gasteiger partial charge >= 0.3 is 0 Å². The van der Waals surface area contributed by atoms with Crippen LogP contribution in [0, 0.1) is 13.8 Å². The van der Waals surface area contributed by atoms with E-state index in [0.717, 1.165) is 16.0 Å². The summed E-state index contributed by atoms with van der Waals surface area (Å²) in [5.41, 5.74) is 3.47. The summed E-state index contributed by atoms with van der Waals surface area (Å²) in [5, 5.41) is 4.56. The first-order chi connectivity index (χ1) is 15.7. The molecule has 1 aliphatic heterocycles. The number of thioether (sulfide) groups is 1. The lowest BCUT2D eigenvalue weighted by Gasteiger charge is -2.16. The minimum atomic E-state index is -0.433. The summed E-state index contributed by atoms with van der Waals surface area (Å²) in [4.78, 5) is 29.1. The van der Waals surface area contributed by atoms with Crippen LogP contribution in [0.5, 0.6) is 0 Å². The molecular formula is C25H19Cl3N2O2S. The lowest BCUT2D eigenvalue weighted by atomic mass is 10.2. The van der Waals surface area contributed by atoms with Crippen LogP contribution in [-0.4, -0.2) is 16.7 Å². The zero-order valence-electron chi connectivity index (χ0n) is 17.8. The molecule has 0 fully saturated rings. The number of imide groups is 1. The van der Waals surface area contributed by atoms with E-state index in [1.807, 2.05) is 50.2 Å². The van der Waals surface area contributed by atoms with Crippen LogP contribution < -0.4 is 5.32 Å². The molecule has 2 amide bonds. The number of amides is 2. The lowest BCUT2D eigenvalue weighted by molar-refractivity contribution is -0.137. The molecule has 0 aliphatic carbocycles. The molecule has 1 aliphatic rings. The number of nitrogens with zero attached hydrogens (tertiary/aromatic N) is 1. The number of anilines is 1. The molecule has 0 bridgehead atoms. The second-order valence-electron chi connectivity index (χ2n) is 7.64. The minimum Gasteiger partial charge on any atom is -0.350 e. The van der Waals surface area contributed by atoms with Gasteiger partial charge in [0, 0.05) is 25.7 Å². The molecule has 8 heteroatoms. The Balaban J connectivity index is 1.69. The van der Waals surface area contributed by atoms with Crippen molar-refractivity contribution in [1.82, 2.24) is 4.90 Å². The van der Waals surface area contributed by atoms with Crippen molar-refractivity contribution < 1.29 is 9.59 Å². The summed E-state index contributed by atoms with van der Waals surface area (Å²) in [5.74, 6) is -0.824. The fourth-order valence-electron chi connectivity index (χ4n) is 3.26. The number of halogens is 3. The Morgan fingerprint density at radius 1 is 0.848 bits per heavy atom. The van der Waals surface area contributed by atoms with Crippen LogP contribution in [0.15, 0.2) is 76.2 Å². The molecule has 33 heavy (non-hydrogen) atoms. The van der Waals surface area contributed by atoms with E-state index < -0.39 is 11.8 Å². The van der Waals surface area contributed by atoms with Crippen molar-refractivity contribution in [3.8, 4) is 0 Å². The van der Waals surface area contributed by atoms with Crippen molar-refractivity contribution in [2.75, 3.05) is 5.32 Å². The maximum absolute atomic E-state index is 13.4. The molecule has 168 valence electrons. The third-order valence-corrected chi connectivity index (χ3v) is 7.24. The van der Waals surface area contributed by atoms with Crippen LogP contribution >= 0.6 is 46.6 Å². The van der Waals surface area contributed by atoms with Gasteiger partial charge in [-0.1, -0.05) is 76.4 Å². The Bertz CT molecular complexity index is 1290. The Morgan fingerprint density at radius 2 is 1.58 bits per heavy atom. The van der Waals surface area contributed by atoms with Gasteiger partial charge in [-0.15, -0.1) is 0 Å².